The summed E-state index contributed by atoms with van der Waals surface area (Å²) >= 11 is 0. The van der Waals surface area contributed by atoms with Crippen molar-refractivity contribution < 1.29 is 0 Å². The molecule has 1 N–H and O–H groups in total. The van der Waals surface area contributed by atoms with Crippen LogP contribution >= 0.6 is 0 Å². The van der Waals surface area contributed by atoms with Crippen LogP contribution in [-0.4, -0.2) is 24.1 Å². The largest absolute Gasteiger partial charge is 0.378 e. The van der Waals surface area contributed by atoms with Crippen molar-refractivity contribution in [3.8, 4) is 0 Å². The summed E-state index contributed by atoms with van der Waals surface area (Å²) < 4.78 is 0. The molecule has 4 nitrogen and oxygen atoms in total. The lowest BCUT2D eigenvalue weighted by atomic mass is 10.1. The van der Waals surface area contributed by atoms with Crippen molar-refractivity contribution >= 4 is 49.9 Å². The SMILES string of the molecule is Cc1cc2nc3ccc(N(C)C)cc3nc2cc1Nc1ccc2ccccc2c1. The molecular formula is C25H22N4. The molecule has 29 heavy (non-hydrogen) atoms. The van der Waals surface area contributed by atoms with Crippen LogP contribution in [0.5, 0.6) is 0 Å². The first-order valence-electron chi connectivity index (χ1n) is 9.72. The van der Waals surface area contributed by atoms with Gasteiger partial charge in [-0.05, 0) is 65.7 Å². The van der Waals surface area contributed by atoms with Gasteiger partial charge in [-0.2, -0.15) is 0 Å². The number of anilines is 3. The maximum atomic E-state index is 4.88. The van der Waals surface area contributed by atoms with E-state index in [0.29, 0.717) is 0 Å². The number of nitrogens with zero attached hydrogens (tertiary/aromatic N) is 3. The molecule has 1 aromatic heterocycles. The van der Waals surface area contributed by atoms with Crippen LogP contribution in [0.3, 0.4) is 0 Å². The first-order chi connectivity index (χ1) is 14.1. The molecule has 5 aromatic rings. The normalized spacial score (nSPS) is 11.3. The Labute approximate surface area is 169 Å². The minimum absolute atomic E-state index is 0.891. The molecule has 0 aliphatic heterocycles. The van der Waals surface area contributed by atoms with Crippen molar-refractivity contribution in [2.45, 2.75) is 6.92 Å². The Morgan fingerprint density at radius 2 is 1.41 bits per heavy atom. The minimum atomic E-state index is 0.891. The molecule has 0 aliphatic rings. The predicted octanol–water partition coefficient (Wildman–Crippen LogP) is 6.05. The fourth-order valence-electron chi connectivity index (χ4n) is 3.65. The van der Waals surface area contributed by atoms with E-state index in [2.05, 4.69) is 83.9 Å². The third-order valence-electron chi connectivity index (χ3n) is 5.31. The standard InChI is InChI=1S/C25H22N4/c1-16-12-23-25(28-24-14-20(29(2)3)10-11-21(24)27-23)15-22(16)26-19-9-8-17-6-4-5-7-18(17)13-19/h4-15,26H,1-3H3. The molecule has 142 valence electrons. The fourth-order valence-corrected chi connectivity index (χ4v) is 3.65. The molecule has 0 unspecified atom stereocenters. The van der Waals surface area contributed by atoms with Crippen LogP contribution in [0.1, 0.15) is 5.56 Å². The van der Waals surface area contributed by atoms with Crippen LogP contribution in [-0.2, 0) is 0 Å². The summed E-state index contributed by atoms with van der Waals surface area (Å²) in [5.41, 5.74) is 8.00. The topological polar surface area (TPSA) is 41.1 Å². The molecule has 0 aliphatic carbocycles. The molecule has 0 fully saturated rings. The second-order valence-corrected chi connectivity index (χ2v) is 7.63. The molecule has 4 heteroatoms. The molecule has 0 saturated carbocycles. The van der Waals surface area contributed by atoms with E-state index in [-0.39, 0.29) is 0 Å². The van der Waals surface area contributed by atoms with Gasteiger partial charge in [-0.1, -0.05) is 30.3 Å². The van der Waals surface area contributed by atoms with E-state index in [1.165, 1.54) is 10.8 Å². The summed E-state index contributed by atoms with van der Waals surface area (Å²) in [5, 5.41) is 6.02. The third-order valence-corrected chi connectivity index (χ3v) is 5.31. The molecule has 5 rings (SSSR count). The zero-order valence-electron chi connectivity index (χ0n) is 16.8. The Kier molecular flexibility index (Phi) is 4.06. The highest BCUT2D eigenvalue weighted by atomic mass is 15.1. The van der Waals surface area contributed by atoms with Crippen molar-refractivity contribution in [1.82, 2.24) is 9.97 Å². The first kappa shape index (κ1) is 17.4. The van der Waals surface area contributed by atoms with E-state index in [0.717, 1.165) is 44.7 Å². The van der Waals surface area contributed by atoms with Gasteiger partial charge in [0.2, 0.25) is 0 Å². The Bertz CT molecular complexity index is 1370. The molecule has 0 radical (unpaired) electrons. The maximum absolute atomic E-state index is 4.88. The van der Waals surface area contributed by atoms with Gasteiger partial charge in [0.25, 0.3) is 0 Å². The lowest BCUT2D eigenvalue weighted by Crippen LogP contribution is -2.08. The van der Waals surface area contributed by atoms with Crippen LogP contribution in [0.15, 0.2) is 72.8 Å². The van der Waals surface area contributed by atoms with Crippen LogP contribution in [0.25, 0.3) is 32.8 Å². The first-order valence-corrected chi connectivity index (χ1v) is 9.72. The number of benzene rings is 4. The van der Waals surface area contributed by atoms with E-state index in [1.54, 1.807) is 0 Å². The average Bonchev–Trinajstić information content (AvgIpc) is 2.72. The summed E-state index contributed by atoms with van der Waals surface area (Å²) in [6.45, 7) is 2.10. The summed E-state index contributed by atoms with van der Waals surface area (Å²) in [5.74, 6) is 0. The number of nitrogens with one attached hydrogen (secondary N) is 1. The monoisotopic (exact) mass is 378 g/mol. The van der Waals surface area contributed by atoms with Gasteiger partial charge >= 0.3 is 0 Å². The Morgan fingerprint density at radius 1 is 0.690 bits per heavy atom. The van der Waals surface area contributed by atoms with Gasteiger partial charge < -0.3 is 10.2 Å². The average molecular weight is 378 g/mol. The molecule has 0 saturated heterocycles. The number of aromatic nitrogens is 2. The van der Waals surface area contributed by atoms with Gasteiger partial charge in [-0.25, -0.2) is 9.97 Å². The van der Waals surface area contributed by atoms with Gasteiger partial charge in [0.05, 0.1) is 22.1 Å². The predicted molar refractivity (Wildman–Crippen MR) is 123 cm³/mol. The van der Waals surface area contributed by atoms with E-state index < -0.39 is 0 Å². The van der Waals surface area contributed by atoms with E-state index in [9.17, 15) is 0 Å². The van der Waals surface area contributed by atoms with Gasteiger partial charge in [0.1, 0.15) is 0 Å². The Balaban J connectivity index is 1.58. The number of hydrogen-bond acceptors (Lipinski definition) is 4. The number of hydrogen-bond donors (Lipinski definition) is 1. The van der Waals surface area contributed by atoms with Crippen molar-refractivity contribution in [1.29, 1.82) is 0 Å². The Morgan fingerprint density at radius 3 is 2.24 bits per heavy atom. The molecular weight excluding hydrogens is 356 g/mol. The van der Waals surface area contributed by atoms with Crippen molar-refractivity contribution in [3.63, 3.8) is 0 Å². The van der Waals surface area contributed by atoms with Crippen molar-refractivity contribution in [2.24, 2.45) is 0 Å². The van der Waals surface area contributed by atoms with Gasteiger partial charge in [0.15, 0.2) is 0 Å². The third kappa shape index (κ3) is 3.23. The summed E-state index contributed by atoms with van der Waals surface area (Å²) in [4.78, 5) is 11.8. The summed E-state index contributed by atoms with van der Waals surface area (Å²) in [6.07, 6.45) is 0. The maximum Gasteiger partial charge on any atom is 0.0915 e. The quantitative estimate of drug-likeness (QED) is 0.388. The summed E-state index contributed by atoms with van der Waals surface area (Å²) in [6, 6.07) is 25.2. The van der Waals surface area contributed by atoms with Gasteiger partial charge in [0, 0.05) is 31.2 Å². The molecule has 0 atom stereocenters. The second-order valence-electron chi connectivity index (χ2n) is 7.63. The molecule has 4 aromatic carbocycles. The van der Waals surface area contributed by atoms with Gasteiger partial charge in [-0.3, -0.25) is 0 Å². The zero-order chi connectivity index (χ0) is 20.0. The molecule has 0 spiro atoms. The number of fused-ring (bicyclic) bond motifs is 3. The zero-order valence-corrected chi connectivity index (χ0v) is 16.8. The number of aryl methyl sites for hydroxylation is 1. The lowest BCUT2D eigenvalue weighted by molar-refractivity contribution is 1.13. The minimum Gasteiger partial charge on any atom is -0.378 e. The Hall–Kier alpha value is -3.66. The molecule has 0 amide bonds. The highest BCUT2D eigenvalue weighted by Crippen LogP contribution is 2.28. The number of rotatable bonds is 3. The van der Waals surface area contributed by atoms with Gasteiger partial charge in [-0.15, -0.1) is 0 Å². The van der Waals surface area contributed by atoms with E-state index in [4.69, 9.17) is 9.97 Å². The van der Waals surface area contributed by atoms with Crippen LogP contribution in [0.4, 0.5) is 17.1 Å². The van der Waals surface area contributed by atoms with Crippen LogP contribution < -0.4 is 10.2 Å². The van der Waals surface area contributed by atoms with E-state index >= 15 is 0 Å². The van der Waals surface area contributed by atoms with Crippen LogP contribution in [0, 0.1) is 6.92 Å². The second kappa shape index (κ2) is 6.74. The van der Waals surface area contributed by atoms with Crippen molar-refractivity contribution in [2.75, 3.05) is 24.3 Å². The lowest BCUT2D eigenvalue weighted by Gasteiger charge is -2.14. The molecule has 1 heterocycles. The van der Waals surface area contributed by atoms with E-state index in [1.807, 2.05) is 20.2 Å². The summed E-state index contributed by atoms with van der Waals surface area (Å²) in [7, 11) is 4.06. The fraction of sp³-hybridized carbons (Fsp3) is 0.120. The highest BCUT2D eigenvalue weighted by Gasteiger charge is 2.08. The smallest absolute Gasteiger partial charge is 0.0915 e. The molecule has 0 bridgehead atoms. The van der Waals surface area contributed by atoms with Crippen LogP contribution in [0.2, 0.25) is 0 Å². The highest BCUT2D eigenvalue weighted by molar-refractivity contribution is 5.91. The van der Waals surface area contributed by atoms with Crippen molar-refractivity contribution in [3.05, 3.63) is 78.4 Å².